The molecule has 42 heavy (non-hydrogen) atoms. The molecule has 0 amide bonds. The molecule has 222 valence electrons. The molecular weight excluding hydrogens is 647 g/mol. The van der Waals surface area contributed by atoms with Gasteiger partial charge in [0.25, 0.3) is 0 Å². The molecule has 0 radical (unpaired) electrons. The molecule has 0 heterocycles. The van der Waals surface area contributed by atoms with Crippen molar-refractivity contribution in [3.05, 3.63) is 116 Å². The van der Waals surface area contributed by atoms with Crippen LogP contribution in [-0.2, 0) is 23.3 Å². The molecule has 5 aliphatic carbocycles. The number of fused-ring (bicyclic) bond motifs is 5. The third-order valence-corrected chi connectivity index (χ3v) is 17.4. The molecule has 5 aliphatic rings. The molecule has 0 bridgehead atoms. The first-order valence-corrected chi connectivity index (χ1v) is 20.6. The van der Waals surface area contributed by atoms with Crippen molar-refractivity contribution in [2.45, 2.75) is 66.2 Å². The Morgan fingerprint density at radius 3 is 1.98 bits per heavy atom. The van der Waals surface area contributed by atoms with Gasteiger partial charge in [-0.25, -0.2) is 12.2 Å². The Bertz CT molecular complexity index is 1230. The van der Waals surface area contributed by atoms with Gasteiger partial charge in [0.05, 0.1) is 0 Å². The van der Waals surface area contributed by atoms with Crippen LogP contribution in [0.15, 0.2) is 103 Å². The van der Waals surface area contributed by atoms with E-state index in [0.29, 0.717) is 10.8 Å². The van der Waals surface area contributed by atoms with Crippen LogP contribution >= 0.6 is 0 Å². The molecule has 2 aromatic carbocycles. The second-order valence-corrected chi connectivity index (χ2v) is 18.7. The maximum absolute atomic E-state index is 2.99. The predicted molar refractivity (Wildman–Crippen MR) is 169 cm³/mol. The molecule has 7 rings (SSSR count). The summed E-state index contributed by atoms with van der Waals surface area (Å²) in [7, 11) is 0. The molecule has 3 saturated carbocycles. The SMILES string of the molecule is CC1CC2C3CCCCC3[CH-]C2(C)C2(C)C=CC=CC12C.[C-]1=CC=CC1.[Cl-].[Cl-].[Zr+2]=[Si](c1ccccc1)c1ccccc1. The van der Waals surface area contributed by atoms with Gasteiger partial charge in [0.1, 0.15) is 0 Å². The van der Waals surface area contributed by atoms with Crippen molar-refractivity contribution in [2.24, 2.45) is 39.9 Å². The zero-order valence-corrected chi connectivity index (χ0v) is 30.7. The van der Waals surface area contributed by atoms with Gasteiger partial charge in [-0.05, 0) is 23.2 Å². The first-order valence-electron chi connectivity index (χ1n) is 15.4. The first kappa shape index (κ1) is 35.6. The Labute approximate surface area is 283 Å². The zero-order chi connectivity index (χ0) is 28.2. The average molecular weight is 693 g/mol. The summed E-state index contributed by atoms with van der Waals surface area (Å²) in [5.41, 5.74) is 0.532. The van der Waals surface area contributed by atoms with E-state index in [1.54, 1.807) is 23.3 Å². The van der Waals surface area contributed by atoms with Crippen LogP contribution in [0.1, 0.15) is 66.2 Å². The minimum atomic E-state index is -0.455. The van der Waals surface area contributed by atoms with E-state index < -0.39 is 5.43 Å². The average Bonchev–Trinajstić information content (AvgIpc) is 3.67. The van der Waals surface area contributed by atoms with Gasteiger partial charge >= 0.3 is 99.8 Å². The fraction of sp³-hybridized carbons (Fsp3) is 0.447. The van der Waals surface area contributed by atoms with E-state index >= 15 is 0 Å². The molecule has 0 nitrogen and oxygen atoms in total. The summed E-state index contributed by atoms with van der Waals surface area (Å²) in [6, 6.07) is 21.7. The van der Waals surface area contributed by atoms with Crippen LogP contribution in [0.25, 0.3) is 0 Å². The molecule has 0 saturated heterocycles. The van der Waals surface area contributed by atoms with E-state index in [0.717, 1.165) is 30.1 Å². The van der Waals surface area contributed by atoms with Crippen molar-refractivity contribution in [1.29, 1.82) is 0 Å². The van der Waals surface area contributed by atoms with Gasteiger partial charge in [-0.1, -0.05) is 89.5 Å². The normalized spacial score (nSPS) is 34.6. The van der Waals surface area contributed by atoms with E-state index in [2.05, 4.69) is 131 Å². The number of benzene rings is 2. The van der Waals surface area contributed by atoms with E-state index in [1.165, 1.54) is 42.5 Å². The number of halogens is 2. The second-order valence-electron chi connectivity index (χ2n) is 13.1. The van der Waals surface area contributed by atoms with E-state index in [4.69, 9.17) is 0 Å². The summed E-state index contributed by atoms with van der Waals surface area (Å²) in [6.45, 7) is 10.2. The van der Waals surface area contributed by atoms with Crippen LogP contribution in [0.2, 0.25) is 0 Å². The van der Waals surface area contributed by atoms with Crippen LogP contribution in [0.4, 0.5) is 0 Å². The molecule has 0 spiro atoms. The standard InChI is InChI=1S/C21H31.C12H10Si.C5H5.2ClH.Zr/c1-15-13-18-17-10-6-5-9-16(17)14-20(18,3)21(4)12-8-7-11-19(15,21)2;1-3-7-11(8-4-1)13-12-9-5-2-6-10-12;1-2-4-5-3-1;;;/h7-8,11-12,14-18H,5-6,9-10,13H2,1-4H3;1-10H;1-3H,4H2;2*1H;/q-1;;-1;;;+2/p-2. The number of rotatable bonds is 2. The third-order valence-electron chi connectivity index (χ3n) is 11.3. The summed E-state index contributed by atoms with van der Waals surface area (Å²) in [4.78, 5) is 0. The van der Waals surface area contributed by atoms with Crippen LogP contribution < -0.4 is 35.2 Å². The Morgan fingerprint density at radius 1 is 0.833 bits per heavy atom. The molecule has 7 unspecified atom stereocenters. The van der Waals surface area contributed by atoms with Crippen LogP contribution in [0.5, 0.6) is 0 Å². The Hall–Kier alpha value is -0.920. The Balaban J connectivity index is 0.000000200. The van der Waals surface area contributed by atoms with Gasteiger partial charge in [0.15, 0.2) is 0 Å². The van der Waals surface area contributed by atoms with Crippen molar-refractivity contribution in [3.8, 4) is 0 Å². The van der Waals surface area contributed by atoms with Crippen molar-refractivity contribution in [2.75, 3.05) is 0 Å². The van der Waals surface area contributed by atoms with Gasteiger partial charge in [-0.2, -0.15) is 12.0 Å². The summed E-state index contributed by atoms with van der Waals surface area (Å²) < 4.78 is 0. The number of allylic oxidation sites excluding steroid dienone is 8. The second kappa shape index (κ2) is 15.4. The Kier molecular flexibility index (Phi) is 13.0. The topological polar surface area (TPSA) is 0 Å². The van der Waals surface area contributed by atoms with Crippen molar-refractivity contribution in [1.82, 2.24) is 0 Å². The fourth-order valence-electron chi connectivity index (χ4n) is 8.52. The Morgan fingerprint density at radius 2 is 1.43 bits per heavy atom. The first-order chi connectivity index (χ1) is 19.3. The molecule has 0 aliphatic heterocycles. The summed E-state index contributed by atoms with van der Waals surface area (Å²) >= 11 is 1.64. The van der Waals surface area contributed by atoms with Crippen molar-refractivity contribution < 1.29 is 48.1 Å². The van der Waals surface area contributed by atoms with Gasteiger partial charge in [0.2, 0.25) is 0 Å². The summed E-state index contributed by atoms with van der Waals surface area (Å²) in [5, 5.41) is 3.03. The molecule has 4 heteroatoms. The number of hydrogen-bond acceptors (Lipinski definition) is 0. The zero-order valence-electron chi connectivity index (χ0n) is 25.7. The molecule has 0 N–H and O–H groups in total. The molecule has 0 aromatic heterocycles. The van der Waals surface area contributed by atoms with E-state index in [-0.39, 0.29) is 30.2 Å². The van der Waals surface area contributed by atoms with Gasteiger partial charge in [-0.3, -0.25) is 6.08 Å². The molecular formula is C38H46Cl2SiZr-2. The summed E-state index contributed by atoms with van der Waals surface area (Å²) in [6.07, 6.45) is 29.8. The van der Waals surface area contributed by atoms with Gasteiger partial charge in [0, 0.05) is 0 Å². The maximum atomic E-state index is 2.99. The monoisotopic (exact) mass is 690 g/mol. The molecule has 3 fully saturated rings. The quantitative estimate of drug-likeness (QED) is 0.336. The van der Waals surface area contributed by atoms with Gasteiger partial charge < -0.3 is 31.2 Å². The minimum absolute atomic E-state index is 0. The van der Waals surface area contributed by atoms with Crippen LogP contribution in [0.3, 0.4) is 0 Å². The van der Waals surface area contributed by atoms with Gasteiger partial charge in [-0.15, -0.1) is 11.8 Å². The van der Waals surface area contributed by atoms with E-state index in [1.807, 2.05) is 12.2 Å². The molecule has 7 atom stereocenters. The van der Waals surface area contributed by atoms with Crippen molar-refractivity contribution in [3.63, 3.8) is 0 Å². The van der Waals surface area contributed by atoms with E-state index in [9.17, 15) is 0 Å². The van der Waals surface area contributed by atoms with Crippen LogP contribution in [-0.4, -0.2) is 5.43 Å². The number of hydrogen-bond donors (Lipinski definition) is 0. The molecule has 2 aromatic rings. The summed E-state index contributed by atoms with van der Waals surface area (Å²) in [5.74, 6) is 3.58. The predicted octanol–water partition coefficient (Wildman–Crippen LogP) is 2.46. The fourth-order valence-corrected chi connectivity index (χ4v) is 12.4. The third kappa shape index (κ3) is 6.83. The van der Waals surface area contributed by atoms with Crippen molar-refractivity contribution >= 4 is 15.8 Å². The van der Waals surface area contributed by atoms with Crippen LogP contribution in [0, 0.1) is 52.4 Å².